The molecule has 0 unspecified atom stereocenters. The van der Waals surface area contributed by atoms with E-state index in [4.69, 9.17) is 4.74 Å². The first kappa shape index (κ1) is 10.1. The highest BCUT2D eigenvalue weighted by Crippen LogP contribution is 2.25. The number of esters is 1. The van der Waals surface area contributed by atoms with E-state index in [1.54, 1.807) is 0 Å². The Balaban J connectivity index is 3.13. The molecule has 6 nitrogen and oxygen atoms in total. The fourth-order valence-electron chi connectivity index (χ4n) is 0.937. The minimum atomic E-state index is -0.574. The van der Waals surface area contributed by atoms with Crippen LogP contribution in [-0.2, 0) is 4.79 Å². The van der Waals surface area contributed by atoms with Gasteiger partial charge >= 0.3 is 5.97 Å². The standard InChI is InChI=1S/C8H8N2O4/c1-5-7(10(12)13)3-9-4-8(5)14-6(2)11/h3-4H,1-2H3. The second kappa shape index (κ2) is 3.82. The first-order valence-corrected chi connectivity index (χ1v) is 3.79. The summed E-state index contributed by atoms with van der Waals surface area (Å²) in [5.74, 6) is -0.415. The van der Waals surface area contributed by atoms with Crippen molar-refractivity contribution in [3.8, 4) is 5.75 Å². The van der Waals surface area contributed by atoms with Gasteiger partial charge in [-0.25, -0.2) is 0 Å². The zero-order valence-corrected chi connectivity index (χ0v) is 7.68. The van der Waals surface area contributed by atoms with Crippen molar-refractivity contribution in [2.45, 2.75) is 13.8 Å². The van der Waals surface area contributed by atoms with Gasteiger partial charge in [-0.1, -0.05) is 0 Å². The molecule has 0 aliphatic heterocycles. The number of rotatable bonds is 2. The van der Waals surface area contributed by atoms with Gasteiger partial charge in [0.15, 0.2) is 5.75 Å². The van der Waals surface area contributed by atoms with E-state index in [-0.39, 0.29) is 11.4 Å². The lowest BCUT2D eigenvalue weighted by atomic mass is 10.2. The number of nitrogens with zero attached hydrogens (tertiary/aromatic N) is 2. The molecule has 0 saturated heterocycles. The molecule has 0 saturated carbocycles. The van der Waals surface area contributed by atoms with Crippen LogP contribution in [0.2, 0.25) is 0 Å². The van der Waals surface area contributed by atoms with Crippen molar-refractivity contribution in [1.82, 2.24) is 4.98 Å². The molecule has 0 spiro atoms. The molecule has 6 heteroatoms. The molecule has 14 heavy (non-hydrogen) atoms. The number of hydrogen-bond acceptors (Lipinski definition) is 5. The predicted molar refractivity (Wildman–Crippen MR) is 46.9 cm³/mol. The fraction of sp³-hybridized carbons (Fsp3) is 0.250. The number of aromatic nitrogens is 1. The summed E-state index contributed by atoms with van der Waals surface area (Å²) in [5, 5.41) is 10.5. The number of nitro groups is 1. The summed E-state index contributed by atoms with van der Waals surface area (Å²) in [6.07, 6.45) is 2.38. The van der Waals surface area contributed by atoms with Gasteiger partial charge in [0.2, 0.25) is 0 Å². The maximum Gasteiger partial charge on any atom is 0.308 e. The van der Waals surface area contributed by atoms with E-state index in [9.17, 15) is 14.9 Å². The number of hydrogen-bond donors (Lipinski definition) is 0. The van der Waals surface area contributed by atoms with Gasteiger partial charge in [-0.2, -0.15) is 0 Å². The number of carbonyl (C=O) groups excluding carboxylic acids is 1. The van der Waals surface area contributed by atoms with Crippen LogP contribution in [0, 0.1) is 17.0 Å². The molecule has 0 radical (unpaired) electrons. The molecule has 1 rings (SSSR count). The van der Waals surface area contributed by atoms with E-state index >= 15 is 0 Å². The lowest BCUT2D eigenvalue weighted by molar-refractivity contribution is -0.385. The van der Waals surface area contributed by atoms with Gasteiger partial charge in [0.1, 0.15) is 6.20 Å². The largest absolute Gasteiger partial charge is 0.425 e. The summed E-state index contributed by atoms with van der Waals surface area (Å²) in [6, 6.07) is 0. The Morgan fingerprint density at radius 2 is 2.21 bits per heavy atom. The molecular weight excluding hydrogens is 188 g/mol. The second-order valence-corrected chi connectivity index (χ2v) is 2.63. The molecule has 1 aromatic rings. The van der Waals surface area contributed by atoms with E-state index in [1.165, 1.54) is 20.0 Å². The third-order valence-electron chi connectivity index (χ3n) is 1.59. The summed E-state index contributed by atoms with van der Waals surface area (Å²) in [5.41, 5.74) is 0.129. The summed E-state index contributed by atoms with van der Waals surface area (Å²) in [6.45, 7) is 2.72. The Hall–Kier alpha value is -1.98. The lowest BCUT2D eigenvalue weighted by Crippen LogP contribution is -2.04. The van der Waals surface area contributed by atoms with Gasteiger partial charge in [-0.05, 0) is 6.92 Å². The van der Waals surface area contributed by atoms with Crippen molar-refractivity contribution in [3.63, 3.8) is 0 Å². The number of ether oxygens (including phenoxy) is 1. The summed E-state index contributed by atoms with van der Waals surface area (Å²) >= 11 is 0. The van der Waals surface area contributed by atoms with Crippen molar-refractivity contribution in [1.29, 1.82) is 0 Å². The van der Waals surface area contributed by atoms with Gasteiger partial charge in [0, 0.05) is 6.92 Å². The first-order valence-electron chi connectivity index (χ1n) is 3.79. The van der Waals surface area contributed by atoms with E-state index in [0.717, 1.165) is 6.20 Å². The number of pyridine rings is 1. The Bertz CT molecular complexity index is 389. The van der Waals surface area contributed by atoms with E-state index in [0.29, 0.717) is 5.56 Å². The summed E-state index contributed by atoms with van der Waals surface area (Å²) in [4.78, 5) is 24.1. The van der Waals surface area contributed by atoms with Crippen LogP contribution in [0.5, 0.6) is 5.75 Å². The molecular formula is C8H8N2O4. The van der Waals surface area contributed by atoms with Gasteiger partial charge in [-0.15, -0.1) is 0 Å². The minimum Gasteiger partial charge on any atom is -0.425 e. The molecule has 0 amide bonds. The molecule has 0 aliphatic carbocycles. The van der Waals surface area contributed by atoms with Crippen LogP contribution in [0.3, 0.4) is 0 Å². The lowest BCUT2D eigenvalue weighted by Gasteiger charge is -2.03. The van der Waals surface area contributed by atoms with E-state index < -0.39 is 10.9 Å². The van der Waals surface area contributed by atoms with Crippen molar-refractivity contribution < 1.29 is 14.5 Å². The van der Waals surface area contributed by atoms with Gasteiger partial charge < -0.3 is 4.74 Å². The molecule has 1 aromatic heterocycles. The zero-order chi connectivity index (χ0) is 10.7. The molecule has 74 valence electrons. The molecule has 0 N–H and O–H groups in total. The van der Waals surface area contributed by atoms with Crippen LogP contribution in [-0.4, -0.2) is 15.9 Å². The molecule has 1 heterocycles. The predicted octanol–water partition coefficient (Wildman–Crippen LogP) is 1.22. The van der Waals surface area contributed by atoms with E-state index in [1.807, 2.05) is 0 Å². The average Bonchev–Trinajstić information content (AvgIpc) is 2.07. The normalized spacial score (nSPS) is 9.57. The zero-order valence-electron chi connectivity index (χ0n) is 7.68. The van der Waals surface area contributed by atoms with Crippen LogP contribution in [0.15, 0.2) is 12.4 Å². The molecule has 0 atom stereocenters. The molecule has 0 aromatic carbocycles. The summed E-state index contributed by atoms with van der Waals surface area (Å²) < 4.78 is 4.73. The third-order valence-corrected chi connectivity index (χ3v) is 1.59. The third kappa shape index (κ3) is 2.03. The Labute approximate surface area is 79.7 Å². The molecule has 0 bridgehead atoms. The van der Waals surface area contributed by atoms with Crippen molar-refractivity contribution >= 4 is 11.7 Å². The SMILES string of the molecule is CC(=O)Oc1cncc([N+](=O)[O-])c1C. The average molecular weight is 196 g/mol. The molecule has 0 fully saturated rings. The van der Waals surface area contributed by atoms with Crippen molar-refractivity contribution in [2.24, 2.45) is 0 Å². The van der Waals surface area contributed by atoms with Crippen LogP contribution in [0.4, 0.5) is 5.69 Å². The van der Waals surface area contributed by atoms with Gasteiger partial charge in [0.05, 0.1) is 16.7 Å². The van der Waals surface area contributed by atoms with Crippen LogP contribution < -0.4 is 4.74 Å². The Morgan fingerprint density at radius 3 is 2.71 bits per heavy atom. The maximum absolute atomic E-state index is 10.6. The second-order valence-electron chi connectivity index (χ2n) is 2.63. The highest BCUT2D eigenvalue weighted by Gasteiger charge is 2.15. The van der Waals surface area contributed by atoms with Gasteiger partial charge in [0.25, 0.3) is 5.69 Å². The summed E-state index contributed by atoms with van der Waals surface area (Å²) in [7, 11) is 0. The smallest absolute Gasteiger partial charge is 0.308 e. The fourth-order valence-corrected chi connectivity index (χ4v) is 0.937. The highest BCUT2D eigenvalue weighted by atomic mass is 16.6. The minimum absolute atomic E-state index is 0.117. The highest BCUT2D eigenvalue weighted by molar-refractivity contribution is 5.70. The van der Waals surface area contributed by atoms with Crippen LogP contribution in [0.25, 0.3) is 0 Å². The van der Waals surface area contributed by atoms with Gasteiger partial charge in [-0.3, -0.25) is 19.9 Å². The Morgan fingerprint density at radius 1 is 1.57 bits per heavy atom. The maximum atomic E-state index is 10.6. The first-order chi connectivity index (χ1) is 6.52. The van der Waals surface area contributed by atoms with Crippen LogP contribution in [0.1, 0.15) is 12.5 Å². The van der Waals surface area contributed by atoms with Crippen molar-refractivity contribution in [3.05, 3.63) is 28.1 Å². The van der Waals surface area contributed by atoms with Crippen LogP contribution >= 0.6 is 0 Å². The van der Waals surface area contributed by atoms with E-state index in [2.05, 4.69) is 4.98 Å². The Kier molecular flexibility index (Phi) is 2.76. The quantitative estimate of drug-likeness (QED) is 0.403. The molecule has 0 aliphatic rings. The topological polar surface area (TPSA) is 82.3 Å². The van der Waals surface area contributed by atoms with Crippen molar-refractivity contribution in [2.75, 3.05) is 0 Å². The number of carbonyl (C=O) groups is 1. The monoisotopic (exact) mass is 196 g/mol.